The average Bonchev–Trinajstić information content (AvgIpc) is 2.24. The Hall–Kier alpha value is -0.860. The normalized spacial score (nSPS) is 12.8. The Kier molecular flexibility index (Phi) is 5.50. The quantitative estimate of drug-likeness (QED) is 0.723. The van der Waals surface area contributed by atoms with Crippen molar-refractivity contribution >= 4 is 0 Å². The topological polar surface area (TPSA) is 38.0 Å². The molecule has 1 aromatic rings. The van der Waals surface area contributed by atoms with Crippen LogP contribution >= 0.6 is 0 Å². The van der Waals surface area contributed by atoms with Crippen LogP contribution in [-0.2, 0) is 0 Å². The van der Waals surface area contributed by atoms with Crippen LogP contribution < -0.4 is 11.1 Å². The lowest BCUT2D eigenvalue weighted by Crippen LogP contribution is -2.21. The third-order valence-electron chi connectivity index (χ3n) is 2.97. The summed E-state index contributed by atoms with van der Waals surface area (Å²) in [4.78, 5) is 0. The molecular formula is C14H24N2. The largest absolute Gasteiger partial charge is 0.330 e. The average molecular weight is 220 g/mol. The second kappa shape index (κ2) is 6.66. The zero-order valence-corrected chi connectivity index (χ0v) is 10.7. The molecule has 0 aliphatic carbocycles. The van der Waals surface area contributed by atoms with E-state index in [2.05, 4.69) is 44.3 Å². The second-order valence-electron chi connectivity index (χ2n) is 4.53. The monoisotopic (exact) mass is 220 g/mol. The Morgan fingerprint density at radius 3 is 2.62 bits per heavy atom. The van der Waals surface area contributed by atoms with E-state index >= 15 is 0 Å². The third kappa shape index (κ3) is 3.95. The molecule has 3 N–H and O–H groups in total. The molecule has 0 radical (unpaired) electrons. The van der Waals surface area contributed by atoms with Crippen LogP contribution in [0.25, 0.3) is 0 Å². The fourth-order valence-electron chi connectivity index (χ4n) is 2.01. The van der Waals surface area contributed by atoms with Gasteiger partial charge in [0.15, 0.2) is 0 Å². The molecule has 0 saturated carbocycles. The minimum Gasteiger partial charge on any atom is -0.330 e. The molecule has 2 heteroatoms. The lowest BCUT2D eigenvalue weighted by molar-refractivity contribution is 0.547. The first-order chi connectivity index (χ1) is 7.65. The summed E-state index contributed by atoms with van der Waals surface area (Å²) < 4.78 is 0. The first kappa shape index (κ1) is 13.2. The van der Waals surface area contributed by atoms with Gasteiger partial charge < -0.3 is 11.1 Å². The summed E-state index contributed by atoms with van der Waals surface area (Å²) in [5.41, 5.74) is 9.57. The maximum atomic E-state index is 5.47. The number of hydrogen-bond acceptors (Lipinski definition) is 2. The highest BCUT2D eigenvalue weighted by molar-refractivity contribution is 5.32. The predicted molar refractivity (Wildman–Crippen MR) is 70.6 cm³/mol. The zero-order valence-electron chi connectivity index (χ0n) is 10.7. The third-order valence-corrected chi connectivity index (χ3v) is 2.97. The molecule has 0 aliphatic rings. The first-order valence-electron chi connectivity index (χ1n) is 6.15. The summed E-state index contributed by atoms with van der Waals surface area (Å²) in [5, 5.41) is 3.54. The van der Waals surface area contributed by atoms with Gasteiger partial charge >= 0.3 is 0 Å². The molecule has 1 unspecified atom stereocenters. The van der Waals surface area contributed by atoms with Gasteiger partial charge in [-0.2, -0.15) is 0 Å². The summed E-state index contributed by atoms with van der Waals surface area (Å²) in [5.74, 6) is 0. The molecule has 0 spiro atoms. The molecule has 0 bridgehead atoms. The van der Waals surface area contributed by atoms with E-state index < -0.39 is 0 Å². The Balaban J connectivity index is 2.49. The molecule has 1 aromatic carbocycles. The molecule has 0 aromatic heterocycles. The molecule has 90 valence electrons. The molecule has 0 fully saturated rings. The zero-order chi connectivity index (χ0) is 12.0. The fraction of sp³-hybridized carbons (Fsp3) is 0.571. The number of aryl methyl sites for hydroxylation is 2. The Morgan fingerprint density at radius 1 is 1.25 bits per heavy atom. The second-order valence-corrected chi connectivity index (χ2v) is 4.53. The van der Waals surface area contributed by atoms with Crippen LogP contribution in [-0.4, -0.2) is 13.1 Å². The van der Waals surface area contributed by atoms with E-state index in [-0.39, 0.29) is 0 Å². The SMILES string of the molecule is Cc1ccc(C(C)NCCCCN)c(C)c1. The van der Waals surface area contributed by atoms with Crippen molar-refractivity contribution in [2.75, 3.05) is 13.1 Å². The summed E-state index contributed by atoms with van der Waals surface area (Å²) in [6, 6.07) is 7.08. The molecule has 1 rings (SSSR count). The summed E-state index contributed by atoms with van der Waals surface area (Å²) in [6.45, 7) is 8.38. The first-order valence-corrected chi connectivity index (χ1v) is 6.15. The Bertz CT molecular complexity index is 321. The number of hydrogen-bond donors (Lipinski definition) is 2. The van der Waals surface area contributed by atoms with Crippen molar-refractivity contribution in [1.29, 1.82) is 0 Å². The summed E-state index contributed by atoms with van der Waals surface area (Å²) in [7, 11) is 0. The van der Waals surface area contributed by atoms with Crippen LogP contribution in [0.5, 0.6) is 0 Å². The Morgan fingerprint density at radius 2 is 2.00 bits per heavy atom. The van der Waals surface area contributed by atoms with E-state index in [1.165, 1.54) is 16.7 Å². The summed E-state index contributed by atoms with van der Waals surface area (Å²) in [6.07, 6.45) is 2.26. The molecule has 1 atom stereocenters. The van der Waals surface area contributed by atoms with Crippen molar-refractivity contribution in [3.8, 4) is 0 Å². The van der Waals surface area contributed by atoms with Crippen LogP contribution in [0.3, 0.4) is 0 Å². The van der Waals surface area contributed by atoms with Crippen LogP contribution in [0.1, 0.15) is 42.5 Å². The molecular weight excluding hydrogens is 196 g/mol. The van der Waals surface area contributed by atoms with Gasteiger partial charge in [-0.05, 0) is 57.8 Å². The van der Waals surface area contributed by atoms with Crippen molar-refractivity contribution in [3.63, 3.8) is 0 Å². The molecule has 0 amide bonds. The van der Waals surface area contributed by atoms with Gasteiger partial charge in [0.1, 0.15) is 0 Å². The van der Waals surface area contributed by atoms with E-state index in [0.717, 1.165) is 25.9 Å². The molecule has 16 heavy (non-hydrogen) atoms. The fourth-order valence-corrected chi connectivity index (χ4v) is 2.01. The predicted octanol–water partition coefficient (Wildman–Crippen LogP) is 2.69. The van der Waals surface area contributed by atoms with Crippen molar-refractivity contribution < 1.29 is 0 Å². The highest BCUT2D eigenvalue weighted by Crippen LogP contribution is 2.18. The van der Waals surface area contributed by atoms with Gasteiger partial charge in [0, 0.05) is 6.04 Å². The van der Waals surface area contributed by atoms with Gasteiger partial charge in [-0.3, -0.25) is 0 Å². The summed E-state index contributed by atoms with van der Waals surface area (Å²) >= 11 is 0. The molecule has 0 saturated heterocycles. The number of unbranched alkanes of at least 4 members (excludes halogenated alkanes) is 1. The van der Waals surface area contributed by atoms with Gasteiger partial charge in [-0.15, -0.1) is 0 Å². The van der Waals surface area contributed by atoms with Crippen LogP contribution in [0.4, 0.5) is 0 Å². The van der Waals surface area contributed by atoms with Crippen molar-refractivity contribution in [2.24, 2.45) is 5.73 Å². The van der Waals surface area contributed by atoms with Gasteiger partial charge in [0.25, 0.3) is 0 Å². The van der Waals surface area contributed by atoms with E-state index in [4.69, 9.17) is 5.73 Å². The van der Waals surface area contributed by atoms with Crippen LogP contribution in [0, 0.1) is 13.8 Å². The minimum atomic E-state index is 0.429. The van der Waals surface area contributed by atoms with E-state index in [1.807, 2.05) is 0 Å². The van der Waals surface area contributed by atoms with E-state index in [9.17, 15) is 0 Å². The molecule has 0 aliphatic heterocycles. The van der Waals surface area contributed by atoms with Gasteiger partial charge in [-0.25, -0.2) is 0 Å². The van der Waals surface area contributed by atoms with Crippen molar-refractivity contribution in [1.82, 2.24) is 5.32 Å². The van der Waals surface area contributed by atoms with E-state index in [0.29, 0.717) is 6.04 Å². The smallest absolute Gasteiger partial charge is 0.0294 e. The Labute approximate surface area is 99.2 Å². The molecule has 2 nitrogen and oxygen atoms in total. The molecule has 0 heterocycles. The minimum absolute atomic E-state index is 0.429. The lowest BCUT2D eigenvalue weighted by atomic mass is 10.0. The van der Waals surface area contributed by atoms with Crippen molar-refractivity contribution in [3.05, 3.63) is 34.9 Å². The lowest BCUT2D eigenvalue weighted by Gasteiger charge is -2.17. The highest BCUT2D eigenvalue weighted by Gasteiger charge is 2.06. The van der Waals surface area contributed by atoms with E-state index in [1.54, 1.807) is 0 Å². The number of nitrogens with one attached hydrogen (secondary N) is 1. The van der Waals surface area contributed by atoms with Gasteiger partial charge in [-0.1, -0.05) is 23.8 Å². The highest BCUT2D eigenvalue weighted by atomic mass is 14.9. The maximum absolute atomic E-state index is 5.47. The number of nitrogens with two attached hydrogens (primary N) is 1. The van der Waals surface area contributed by atoms with Gasteiger partial charge in [0.05, 0.1) is 0 Å². The van der Waals surface area contributed by atoms with Crippen LogP contribution in [0.2, 0.25) is 0 Å². The maximum Gasteiger partial charge on any atom is 0.0294 e. The van der Waals surface area contributed by atoms with Gasteiger partial charge in [0.2, 0.25) is 0 Å². The standard InChI is InChI=1S/C14H24N2/c1-11-6-7-14(12(2)10-11)13(3)16-9-5-4-8-15/h6-7,10,13,16H,4-5,8-9,15H2,1-3H3. The number of benzene rings is 1. The van der Waals surface area contributed by atoms with Crippen molar-refractivity contribution in [2.45, 2.75) is 39.7 Å². The number of rotatable bonds is 6. The van der Waals surface area contributed by atoms with Crippen LogP contribution in [0.15, 0.2) is 18.2 Å².